The van der Waals surface area contributed by atoms with Crippen LogP contribution in [0.25, 0.3) is 11.3 Å². The summed E-state index contributed by atoms with van der Waals surface area (Å²) in [5, 5.41) is 0. The Morgan fingerprint density at radius 2 is 2.05 bits per heavy atom. The van der Waals surface area contributed by atoms with Crippen LogP contribution in [-0.2, 0) is 0 Å². The van der Waals surface area contributed by atoms with Gasteiger partial charge in [-0.25, -0.2) is 4.39 Å². The van der Waals surface area contributed by atoms with Crippen LogP contribution in [0.5, 0.6) is 5.75 Å². The van der Waals surface area contributed by atoms with Crippen molar-refractivity contribution in [2.45, 2.75) is 33.3 Å². The molecule has 1 aromatic carbocycles. The molecule has 1 heterocycles. The Morgan fingerprint density at radius 1 is 1.26 bits per heavy atom. The molecule has 0 spiro atoms. The van der Waals surface area contributed by atoms with E-state index < -0.39 is 0 Å². The maximum Gasteiger partial charge on any atom is 0.132 e. The second-order valence-electron chi connectivity index (χ2n) is 4.52. The van der Waals surface area contributed by atoms with Crippen LogP contribution in [0.3, 0.4) is 0 Å². The lowest BCUT2D eigenvalue weighted by Gasteiger charge is -2.16. The van der Waals surface area contributed by atoms with Gasteiger partial charge in [-0.15, -0.1) is 0 Å². The molecule has 0 fully saturated rings. The molecule has 0 saturated heterocycles. The second-order valence-corrected chi connectivity index (χ2v) is 4.52. The quantitative estimate of drug-likeness (QED) is 0.839. The maximum atomic E-state index is 13.4. The Hall–Kier alpha value is -1.97. The van der Waals surface area contributed by atoms with E-state index in [1.165, 1.54) is 12.1 Å². The zero-order valence-corrected chi connectivity index (χ0v) is 11.4. The molecule has 0 bridgehead atoms. The number of rotatable bonds is 4. The third kappa shape index (κ3) is 3.28. The lowest BCUT2D eigenvalue weighted by atomic mass is 10.1. The molecule has 0 saturated carbocycles. The van der Waals surface area contributed by atoms with E-state index in [2.05, 4.69) is 9.97 Å². The zero-order chi connectivity index (χ0) is 13.8. The Balaban J connectivity index is 2.41. The van der Waals surface area contributed by atoms with Gasteiger partial charge in [0.1, 0.15) is 11.6 Å². The van der Waals surface area contributed by atoms with Gasteiger partial charge in [-0.1, -0.05) is 6.92 Å². The van der Waals surface area contributed by atoms with Gasteiger partial charge in [-0.3, -0.25) is 9.97 Å². The van der Waals surface area contributed by atoms with Gasteiger partial charge in [0.15, 0.2) is 0 Å². The van der Waals surface area contributed by atoms with E-state index in [4.69, 9.17) is 4.74 Å². The maximum absolute atomic E-state index is 13.4. The van der Waals surface area contributed by atoms with Crippen molar-refractivity contribution in [2.75, 3.05) is 0 Å². The van der Waals surface area contributed by atoms with Gasteiger partial charge < -0.3 is 4.74 Å². The standard InChI is InChI=1S/C15H17FN2O/c1-4-11(3)19-15-7-12(16)5-6-13(15)14-9-17-10(2)8-18-14/h5-9,11H,4H2,1-3H3. The Kier molecular flexibility index (Phi) is 4.10. The SMILES string of the molecule is CCC(C)Oc1cc(F)ccc1-c1cnc(C)cn1. The van der Waals surface area contributed by atoms with Crippen molar-refractivity contribution in [2.24, 2.45) is 0 Å². The van der Waals surface area contributed by atoms with Crippen LogP contribution in [0.1, 0.15) is 26.0 Å². The van der Waals surface area contributed by atoms with Crippen LogP contribution in [0.15, 0.2) is 30.6 Å². The van der Waals surface area contributed by atoms with Crippen molar-refractivity contribution < 1.29 is 9.13 Å². The summed E-state index contributed by atoms with van der Waals surface area (Å²) in [7, 11) is 0. The molecule has 0 N–H and O–H groups in total. The molecule has 1 aromatic heterocycles. The highest BCUT2D eigenvalue weighted by molar-refractivity contribution is 5.66. The van der Waals surface area contributed by atoms with Crippen LogP contribution in [0, 0.1) is 12.7 Å². The Morgan fingerprint density at radius 3 is 2.68 bits per heavy atom. The van der Waals surface area contributed by atoms with Crippen LogP contribution in [0.4, 0.5) is 4.39 Å². The van der Waals surface area contributed by atoms with Crippen molar-refractivity contribution in [3.8, 4) is 17.0 Å². The summed E-state index contributed by atoms with van der Waals surface area (Å²) in [6.45, 7) is 5.85. The number of nitrogens with zero attached hydrogens (tertiary/aromatic N) is 2. The highest BCUT2D eigenvalue weighted by Crippen LogP contribution is 2.30. The predicted octanol–water partition coefficient (Wildman–Crippen LogP) is 3.77. The van der Waals surface area contributed by atoms with Crippen LogP contribution in [0.2, 0.25) is 0 Å². The molecule has 2 aromatic rings. The van der Waals surface area contributed by atoms with Crippen molar-refractivity contribution in [1.29, 1.82) is 0 Å². The Labute approximate surface area is 112 Å². The molecule has 2 rings (SSSR count). The summed E-state index contributed by atoms with van der Waals surface area (Å²) >= 11 is 0. The smallest absolute Gasteiger partial charge is 0.132 e. The molecule has 0 aliphatic carbocycles. The van der Waals surface area contributed by atoms with Gasteiger partial charge in [0, 0.05) is 17.8 Å². The molecule has 19 heavy (non-hydrogen) atoms. The van der Waals surface area contributed by atoms with E-state index in [1.54, 1.807) is 18.5 Å². The highest BCUT2D eigenvalue weighted by atomic mass is 19.1. The molecular formula is C15H17FN2O. The minimum absolute atomic E-state index is 0.0268. The van der Waals surface area contributed by atoms with Gasteiger partial charge in [-0.05, 0) is 32.4 Å². The number of ether oxygens (including phenoxy) is 1. The van der Waals surface area contributed by atoms with Crippen molar-refractivity contribution in [1.82, 2.24) is 9.97 Å². The van der Waals surface area contributed by atoms with Gasteiger partial charge >= 0.3 is 0 Å². The first-order valence-electron chi connectivity index (χ1n) is 6.35. The summed E-state index contributed by atoms with van der Waals surface area (Å²) < 4.78 is 19.1. The first kappa shape index (κ1) is 13.5. The minimum Gasteiger partial charge on any atom is -0.490 e. The van der Waals surface area contributed by atoms with E-state index in [1.807, 2.05) is 20.8 Å². The van der Waals surface area contributed by atoms with Crippen LogP contribution in [-0.4, -0.2) is 16.1 Å². The largest absolute Gasteiger partial charge is 0.490 e. The van der Waals surface area contributed by atoms with Gasteiger partial charge in [0.2, 0.25) is 0 Å². The van der Waals surface area contributed by atoms with E-state index in [0.29, 0.717) is 11.4 Å². The topological polar surface area (TPSA) is 35.0 Å². The average Bonchev–Trinajstić information content (AvgIpc) is 2.40. The first-order chi connectivity index (χ1) is 9.10. The zero-order valence-electron chi connectivity index (χ0n) is 11.4. The second kappa shape index (κ2) is 5.78. The van der Waals surface area contributed by atoms with Gasteiger partial charge in [-0.2, -0.15) is 0 Å². The average molecular weight is 260 g/mol. The van der Waals surface area contributed by atoms with Gasteiger partial charge in [0.25, 0.3) is 0 Å². The minimum atomic E-state index is -0.317. The molecule has 0 radical (unpaired) electrons. The third-order valence-electron chi connectivity index (χ3n) is 2.90. The molecule has 3 nitrogen and oxygen atoms in total. The fourth-order valence-corrected chi connectivity index (χ4v) is 1.64. The summed E-state index contributed by atoms with van der Waals surface area (Å²) in [5.74, 6) is 0.189. The predicted molar refractivity (Wildman–Crippen MR) is 72.5 cm³/mol. The molecule has 4 heteroatoms. The molecule has 0 amide bonds. The molecular weight excluding hydrogens is 243 g/mol. The third-order valence-corrected chi connectivity index (χ3v) is 2.90. The van der Waals surface area contributed by atoms with E-state index in [0.717, 1.165) is 17.7 Å². The monoisotopic (exact) mass is 260 g/mol. The Bertz CT molecular complexity index is 555. The molecule has 100 valence electrons. The van der Waals surface area contributed by atoms with Crippen molar-refractivity contribution in [3.63, 3.8) is 0 Å². The van der Waals surface area contributed by atoms with E-state index in [-0.39, 0.29) is 11.9 Å². The highest BCUT2D eigenvalue weighted by Gasteiger charge is 2.11. The van der Waals surface area contributed by atoms with Crippen LogP contribution >= 0.6 is 0 Å². The number of halogens is 1. The van der Waals surface area contributed by atoms with E-state index in [9.17, 15) is 4.39 Å². The van der Waals surface area contributed by atoms with Gasteiger partial charge in [0.05, 0.1) is 23.7 Å². The summed E-state index contributed by atoms with van der Waals surface area (Å²) in [6, 6.07) is 4.47. The number of hydrogen-bond acceptors (Lipinski definition) is 3. The lowest BCUT2D eigenvalue weighted by Crippen LogP contribution is -2.10. The molecule has 0 aliphatic heterocycles. The lowest BCUT2D eigenvalue weighted by molar-refractivity contribution is 0.217. The van der Waals surface area contributed by atoms with E-state index >= 15 is 0 Å². The number of benzene rings is 1. The van der Waals surface area contributed by atoms with Crippen molar-refractivity contribution in [3.05, 3.63) is 42.1 Å². The summed E-state index contributed by atoms with van der Waals surface area (Å²) in [4.78, 5) is 8.51. The summed E-state index contributed by atoms with van der Waals surface area (Å²) in [5.41, 5.74) is 2.29. The summed E-state index contributed by atoms with van der Waals surface area (Å²) in [6.07, 6.45) is 4.24. The number of aromatic nitrogens is 2. The molecule has 1 atom stereocenters. The molecule has 0 aliphatic rings. The van der Waals surface area contributed by atoms with Crippen LogP contribution < -0.4 is 4.74 Å². The fourth-order valence-electron chi connectivity index (χ4n) is 1.64. The fraction of sp³-hybridized carbons (Fsp3) is 0.333. The normalized spacial score (nSPS) is 12.2. The first-order valence-corrected chi connectivity index (χ1v) is 6.35. The molecule has 1 unspecified atom stereocenters. The van der Waals surface area contributed by atoms with Crippen molar-refractivity contribution >= 4 is 0 Å². The number of aryl methyl sites for hydroxylation is 1. The number of hydrogen-bond donors (Lipinski definition) is 0.